The fourth-order valence-corrected chi connectivity index (χ4v) is 2.78. The first kappa shape index (κ1) is 13.8. The van der Waals surface area contributed by atoms with Crippen molar-refractivity contribution in [3.8, 4) is 5.75 Å². The molecule has 0 unspecified atom stereocenters. The van der Waals surface area contributed by atoms with Crippen molar-refractivity contribution in [2.75, 3.05) is 6.61 Å². The molecule has 4 heteroatoms. The lowest BCUT2D eigenvalue weighted by atomic mass is 10.1. The van der Waals surface area contributed by atoms with Crippen LogP contribution in [0.25, 0.3) is 0 Å². The van der Waals surface area contributed by atoms with Crippen LogP contribution in [-0.2, 0) is 6.54 Å². The number of halogens is 2. The number of benzene rings is 1. The minimum atomic E-state index is -0.587. The molecule has 2 nitrogen and oxygen atoms in total. The Kier molecular flexibility index (Phi) is 4.20. The van der Waals surface area contributed by atoms with E-state index in [0.29, 0.717) is 30.7 Å². The van der Waals surface area contributed by atoms with Gasteiger partial charge in [0.1, 0.15) is 0 Å². The zero-order chi connectivity index (χ0) is 13.9. The summed E-state index contributed by atoms with van der Waals surface area (Å²) in [4.78, 5) is 0. The average Bonchev–Trinajstić information content (AvgIpc) is 3.10. The van der Waals surface area contributed by atoms with Crippen molar-refractivity contribution >= 4 is 0 Å². The third-order valence-corrected chi connectivity index (χ3v) is 4.17. The highest BCUT2D eigenvalue weighted by Crippen LogP contribution is 2.28. The maximum atomic E-state index is 13.9. The van der Waals surface area contributed by atoms with E-state index in [9.17, 15) is 8.78 Å². The van der Waals surface area contributed by atoms with E-state index < -0.39 is 11.6 Å². The van der Waals surface area contributed by atoms with Gasteiger partial charge in [-0.25, -0.2) is 8.78 Å². The fourth-order valence-electron chi connectivity index (χ4n) is 2.78. The normalized spacial score (nSPS) is 19.5. The van der Waals surface area contributed by atoms with Crippen molar-refractivity contribution in [3.05, 3.63) is 29.3 Å². The van der Waals surface area contributed by atoms with Gasteiger partial charge in [-0.05, 0) is 49.3 Å². The van der Waals surface area contributed by atoms with Gasteiger partial charge in [0, 0.05) is 12.6 Å². The minimum Gasteiger partial charge on any atom is -0.487 e. The Balaban J connectivity index is 1.60. The summed E-state index contributed by atoms with van der Waals surface area (Å²) in [5, 5.41) is 3.25. The van der Waals surface area contributed by atoms with Crippen LogP contribution in [0.3, 0.4) is 0 Å². The Morgan fingerprint density at radius 2 is 1.70 bits per heavy atom. The molecule has 0 saturated heterocycles. The van der Waals surface area contributed by atoms with Gasteiger partial charge in [0.05, 0.1) is 6.61 Å². The Morgan fingerprint density at radius 3 is 2.30 bits per heavy atom. The van der Waals surface area contributed by atoms with E-state index in [-0.39, 0.29) is 5.75 Å². The molecule has 2 aliphatic carbocycles. The van der Waals surface area contributed by atoms with Crippen LogP contribution < -0.4 is 10.1 Å². The first-order valence-corrected chi connectivity index (χ1v) is 7.56. The molecule has 20 heavy (non-hydrogen) atoms. The summed E-state index contributed by atoms with van der Waals surface area (Å²) in [6.45, 7) is 0.939. The second kappa shape index (κ2) is 6.08. The first-order chi connectivity index (χ1) is 9.72. The molecule has 2 aliphatic rings. The van der Waals surface area contributed by atoms with E-state index in [4.69, 9.17) is 4.74 Å². The maximum Gasteiger partial charge on any atom is 0.190 e. The molecular weight excluding hydrogens is 260 g/mol. The molecule has 1 aromatic rings. The number of ether oxygens (including phenoxy) is 1. The summed E-state index contributed by atoms with van der Waals surface area (Å²) in [5.41, 5.74) is 0.639. The molecule has 0 aliphatic heterocycles. The lowest BCUT2D eigenvalue weighted by Crippen LogP contribution is -2.16. The van der Waals surface area contributed by atoms with Crippen LogP contribution in [0.4, 0.5) is 8.78 Å². The zero-order valence-corrected chi connectivity index (χ0v) is 11.6. The monoisotopic (exact) mass is 281 g/mol. The van der Waals surface area contributed by atoms with Gasteiger partial charge < -0.3 is 10.1 Å². The van der Waals surface area contributed by atoms with Crippen molar-refractivity contribution in [1.29, 1.82) is 0 Å². The van der Waals surface area contributed by atoms with Gasteiger partial charge in [-0.3, -0.25) is 0 Å². The van der Waals surface area contributed by atoms with Crippen LogP contribution in [0, 0.1) is 17.6 Å². The summed E-state index contributed by atoms with van der Waals surface area (Å²) in [5.74, 6) is -0.941. The van der Waals surface area contributed by atoms with Crippen LogP contribution in [0.1, 0.15) is 44.1 Å². The van der Waals surface area contributed by atoms with Crippen molar-refractivity contribution in [2.45, 2.75) is 51.1 Å². The molecule has 2 fully saturated rings. The summed E-state index contributed by atoms with van der Waals surface area (Å²) < 4.78 is 33.2. The third kappa shape index (κ3) is 3.48. The van der Waals surface area contributed by atoms with Crippen molar-refractivity contribution in [2.24, 2.45) is 5.92 Å². The standard InChI is InChI=1S/C16H21F2NO/c17-14-7-12(9-19-13-5-6-13)8-15(18)16(14)20-10-11-3-1-2-4-11/h7-8,11,13,19H,1-6,9-10H2. The molecule has 0 bridgehead atoms. The molecule has 0 aromatic heterocycles. The summed E-state index contributed by atoms with van der Waals surface area (Å²) in [6, 6.07) is 3.28. The highest BCUT2D eigenvalue weighted by molar-refractivity contribution is 5.31. The molecule has 2 saturated carbocycles. The summed E-state index contributed by atoms with van der Waals surface area (Å²) in [6.07, 6.45) is 6.93. The lowest BCUT2D eigenvalue weighted by Gasteiger charge is -2.13. The van der Waals surface area contributed by atoms with Crippen molar-refractivity contribution in [1.82, 2.24) is 5.32 Å². The third-order valence-electron chi connectivity index (χ3n) is 4.17. The maximum absolute atomic E-state index is 13.9. The molecule has 0 spiro atoms. The van der Waals surface area contributed by atoms with Crippen molar-refractivity contribution < 1.29 is 13.5 Å². The topological polar surface area (TPSA) is 21.3 Å². The van der Waals surface area contributed by atoms with Gasteiger partial charge in [-0.1, -0.05) is 12.8 Å². The van der Waals surface area contributed by atoms with E-state index in [2.05, 4.69) is 5.32 Å². The fraction of sp³-hybridized carbons (Fsp3) is 0.625. The van der Waals surface area contributed by atoms with Crippen molar-refractivity contribution in [3.63, 3.8) is 0 Å². The smallest absolute Gasteiger partial charge is 0.190 e. The Labute approximate surface area is 118 Å². The summed E-state index contributed by atoms with van der Waals surface area (Å²) in [7, 11) is 0. The van der Waals surface area contributed by atoms with Crippen LogP contribution in [-0.4, -0.2) is 12.6 Å². The lowest BCUT2D eigenvalue weighted by molar-refractivity contribution is 0.231. The largest absolute Gasteiger partial charge is 0.487 e. The molecule has 0 amide bonds. The Morgan fingerprint density at radius 1 is 1.05 bits per heavy atom. The predicted octanol–water partition coefficient (Wildman–Crippen LogP) is 3.79. The number of nitrogens with one attached hydrogen (secondary N) is 1. The van der Waals surface area contributed by atoms with E-state index >= 15 is 0 Å². The quantitative estimate of drug-likeness (QED) is 0.856. The second-order valence-electron chi connectivity index (χ2n) is 6.01. The molecule has 0 heterocycles. The average molecular weight is 281 g/mol. The number of hydrogen-bond acceptors (Lipinski definition) is 2. The SMILES string of the molecule is Fc1cc(CNC2CC2)cc(F)c1OCC1CCCC1. The van der Waals surface area contributed by atoms with Crippen LogP contribution >= 0.6 is 0 Å². The molecule has 110 valence electrons. The molecule has 1 aromatic carbocycles. The second-order valence-corrected chi connectivity index (χ2v) is 6.01. The van der Waals surface area contributed by atoms with Gasteiger partial charge in [0.15, 0.2) is 17.4 Å². The van der Waals surface area contributed by atoms with Gasteiger partial charge in [0.25, 0.3) is 0 Å². The zero-order valence-electron chi connectivity index (χ0n) is 11.6. The van der Waals surface area contributed by atoms with Crippen LogP contribution in [0.15, 0.2) is 12.1 Å². The minimum absolute atomic E-state index is 0.216. The molecular formula is C16H21F2NO. The molecule has 1 N–H and O–H groups in total. The highest BCUT2D eigenvalue weighted by atomic mass is 19.1. The molecule has 3 rings (SSSR count). The van der Waals surface area contributed by atoms with E-state index in [1.807, 2.05) is 0 Å². The Hall–Kier alpha value is -1.16. The first-order valence-electron chi connectivity index (χ1n) is 7.56. The number of rotatable bonds is 6. The van der Waals surface area contributed by atoms with Gasteiger partial charge in [-0.15, -0.1) is 0 Å². The Bertz CT molecular complexity index is 445. The molecule has 0 radical (unpaired) electrons. The van der Waals surface area contributed by atoms with E-state index in [1.165, 1.54) is 25.0 Å². The number of hydrogen-bond donors (Lipinski definition) is 1. The molecule has 0 atom stereocenters. The van der Waals surface area contributed by atoms with Crippen LogP contribution in [0.5, 0.6) is 5.75 Å². The van der Waals surface area contributed by atoms with Gasteiger partial charge in [-0.2, -0.15) is 0 Å². The van der Waals surface area contributed by atoms with E-state index in [0.717, 1.165) is 25.7 Å². The van der Waals surface area contributed by atoms with Gasteiger partial charge >= 0.3 is 0 Å². The predicted molar refractivity (Wildman–Crippen MR) is 73.7 cm³/mol. The van der Waals surface area contributed by atoms with Gasteiger partial charge in [0.2, 0.25) is 0 Å². The highest BCUT2D eigenvalue weighted by Gasteiger charge is 2.21. The summed E-state index contributed by atoms with van der Waals surface area (Å²) >= 11 is 0. The van der Waals surface area contributed by atoms with Crippen LogP contribution in [0.2, 0.25) is 0 Å². The van der Waals surface area contributed by atoms with E-state index in [1.54, 1.807) is 0 Å².